The molecule has 1 fully saturated rings. The third kappa shape index (κ3) is 3.28. The van der Waals surface area contributed by atoms with Gasteiger partial charge in [0.05, 0.1) is 5.69 Å². The molecule has 5 heteroatoms. The number of rotatable bonds is 4. The van der Waals surface area contributed by atoms with Gasteiger partial charge in [0.1, 0.15) is 5.82 Å². The Bertz CT molecular complexity index is 458. The maximum absolute atomic E-state index is 13.7. The number of hydrogen-bond donors (Lipinski definition) is 1. The lowest BCUT2D eigenvalue weighted by atomic mass is 10.1. The summed E-state index contributed by atoms with van der Waals surface area (Å²) in [6, 6.07) is 6.77. The lowest BCUT2D eigenvalue weighted by Crippen LogP contribution is -2.50. The van der Waals surface area contributed by atoms with Crippen molar-refractivity contribution in [1.82, 2.24) is 4.90 Å². The Hall–Kier alpha value is -1.62. The summed E-state index contributed by atoms with van der Waals surface area (Å²) in [4.78, 5) is 16.0. The molecule has 110 valence electrons. The number of nitrogens with zero attached hydrogens (tertiary/aromatic N) is 2. The van der Waals surface area contributed by atoms with Gasteiger partial charge >= 0.3 is 0 Å². The topological polar surface area (TPSA) is 49.6 Å². The molecule has 1 aromatic rings. The normalized spacial score (nSPS) is 17.1. The molecule has 2 rings (SSSR count). The monoisotopic (exact) mass is 279 g/mol. The minimum atomic E-state index is -0.205. The molecule has 20 heavy (non-hydrogen) atoms. The number of piperazine rings is 1. The van der Waals surface area contributed by atoms with Crippen molar-refractivity contribution < 1.29 is 9.18 Å². The Morgan fingerprint density at radius 3 is 2.55 bits per heavy atom. The van der Waals surface area contributed by atoms with E-state index in [2.05, 4.69) is 0 Å². The molecule has 1 aliphatic heterocycles. The number of nitrogens with two attached hydrogens (primary N) is 1. The van der Waals surface area contributed by atoms with Crippen LogP contribution >= 0.6 is 0 Å². The van der Waals surface area contributed by atoms with Crippen LogP contribution in [0.5, 0.6) is 0 Å². The minimum Gasteiger partial charge on any atom is -0.366 e. The van der Waals surface area contributed by atoms with Crippen LogP contribution in [0.1, 0.15) is 13.3 Å². The average molecular weight is 279 g/mol. The van der Waals surface area contributed by atoms with E-state index in [4.69, 9.17) is 5.73 Å². The highest BCUT2D eigenvalue weighted by atomic mass is 19.1. The van der Waals surface area contributed by atoms with Gasteiger partial charge in [-0.15, -0.1) is 0 Å². The van der Waals surface area contributed by atoms with Gasteiger partial charge in [-0.25, -0.2) is 4.39 Å². The molecule has 1 aliphatic rings. The zero-order valence-electron chi connectivity index (χ0n) is 11.9. The summed E-state index contributed by atoms with van der Waals surface area (Å²) in [6.45, 7) is 5.06. The zero-order valence-corrected chi connectivity index (χ0v) is 11.9. The van der Waals surface area contributed by atoms with Crippen molar-refractivity contribution in [3.63, 3.8) is 0 Å². The summed E-state index contributed by atoms with van der Waals surface area (Å²) >= 11 is 0. The molecule has 0 bridgehead atoms. The SMILES string of the molecule is CC(CCN)C(=O)N1CCN(c2ccccc2F)CC1. The first kappa shape index (κ1) is 14.8. The van der Waals surface area contributed by atoms with E-state index in [0.29, 0.717) is 44.8 Å². The molecule has 2 N–H and O–H groups in total. The quantitative estimate of drug-likeness (QED) is 0.908. The Balaban J connectivity index is 1.93. The van der Waals surface area contributed by atoms with Crippen LogP contribution in [0.25, 0.3) is 0 Å². The smallest absolute Gasteiger partial charge is 0.225 e. The van der Waals surface area contributed by atoms with Crippen LogP contribution in [-0.2, 0) is 4.79 Å². The van der Waals surface area contributed by atoms with Gasteiger partial charge in [0.2, 0.25) is 5.91 Å². The van der Waals surface area contributed by atoms with Crippen LogP contribution in [-0.4, -0.2) is 43.5 Å². The molecule has 1 atom stereocenters. The van der Waals surface area contributed by atoms with Crippen molar-refractivity contribution in [3.8, 4) is 0 Å². The molecule has 0 radical (unpaired) electrons. The predicted molar refractivity (Wildman–Crippen MR) is 78.0 cm³/mol. The van der Waals surface area contributed by atoms with Crippen molar-refractivity contribution in [3.05, 3.63) is 30.1 Å². The summed E-state index contributed by atoms with van der Waals surface area (Å²) in [5.74, 6) is -0.0765. The van der Waals surface area contributed by atoms with Gasteiger partial charge in [-0.2, -0.15) is 0 Å². The lowest BCUT2D eigenvalue weighted by molar-refractivity contribution is -0.135. The van der Waals surface area contributed by atoms with Crippen LogP contribution in [0.4, 0.5) is 10.1 Å². The van der Waals surface area contributed by atoms with Crippen LogP contribution in [0.15, 0.2) is 24.3 Å². The molecule has 0 spiro atoms. The highest BCUT2D eigenvalue weighted by Gasteiger charge is 2.25. The van der Waals surface area contributed by atoms with Crippen LogP contribution in [0, 0.1) is 11.7 Å². The van der Waals surface area contributed by atoms with E-state index in [-0.39, 0.29) is 17.6 Å². The summed E-state index contributed by atoms with van der Waals surface area (Å²) in [6.07, 6.45) is 0.715. The fourth-order valence-corrected chi connectivity index (χ4v) is 2.56. The molecular weight excluding hydrogens is 257 g/mol. The molecule has 1 amide bonds. The third-order valence-electron chi connectivity index (χ3n) is 3.81. The molecular formula is C15H22FN3O. The number of carbonyl (C=O) groups excluding carboxylic acids is 1. The van der Waals surface area contributed by atoms with Crippen LogP contribution < -0.4 is 10.6 Å². The standard InChI is InChI=1S/C15H22FN3O/c1-12(6-7-17)15(20)19-10-8-18(9-11-19)14-5-3-2-4-13(14)16/h2-5,12H,6-11,17H2,1H3. The summed E-state index contributed by atoms with van der Waals surface area (Å²) in [7, 11) is 0. The van der Waals surface area contributed by atoms with Gasteiger partial charge in [0, 0.05) is 32.1 Å². The van der Waals surface area contributed by atoms with Gasteiger partial charge in [0.25, 0.3) is 0 Å². The van der Waals surface area contributed by atoms with Crippen LogP contribution in [0.3, 0.4) is 0 Å². The maximum Gasteiger partial charge on any atom is 0.225 e. The lowest BCUT2D eigenvalue weighted by Gasteiger charge is -2.37. The Morgan fingerprint density at radius 2 is 1.95 bits per heavy atom. The van der Waals surface area contributed by atoms with E-state index in [1.54, 1.807) is 12.1 Å². The van der Waals surface area contributed by atoms with E-state index in [1.807, 2.05) is 22.8 Å². The Morgan fingerprint density at radius 1 is 1.30 bits per heavy atom. The molecule has 1 aromatic carbocycles. The summed E-state index contributed by atoms with van der Waals surface area (Å²) < 4.78 is 13.7. The van der Waals surface area contributed by atoms with Gasteiger partial charge in [-0.1, -0.05) is 19.1 Å². The largest absolute Gasteiger partial charge is 0.366 e. The molecule has 1 unspecified atom stereocenters. The van der Waals surface area contributed by atoms with E-state index in [0.717, 1.165) is 0 Å². The van der Waals surface area contributed by atoms with E-state index < -0.39 is 0 Å². The van der Waals surface area contributed by atoms with Crippen molar-refractivity contribution in [2.45, 2.75) is 13.3 Å². The maximum atomic E-state index is 13.7. The van der Waals surface area contributed by atoms with E-state index >= 15 is 0 Å². The first-order valence-electron chi connectivity index (χ1n) is 7.12. The Labute approximate surface area is 119 Å². The van der Waals surface area contributed by atoms with Crippen molar-refractivity contribution in [2.75, 3.05) is 37.6 Å². The predicted octanol–water partition coefficient (Wildman–Crippen LogP) is 1.46. The zero-order chi connectivity index (χ0) is 14.5. The molecule has 0 aliphatic carbocycles. The number of benzene rings is 1. The summed E-state index contributed by atoms with van der Waals surface area (Å²) in [5.41, 5.74) is 6.11. The molecule has 0 aromatic heterocycles. The van der Waals surface area contributed by atoms with Gasteiger partial charge in [-0.05, 0) is 25.1 Å². The van der Waals surface area contributed by atoms with Gasteiger partial charge in [-0.3, -0.25) is 4.79 Å². The molecule has 0 saturated carbocycles. The fourth-order valence-electron chi connectivity index (χ4n) is 2.56. The van der Waals surface area contributed by atoms with Crippen molar-refractivity contribution >= 4 is 11.6 Å². The highest BCUT2D eigenvalue weighted by Crippen LogP contribution is 2.20. The number of carbonyl (C=O) groups is 1. The highest BCUT2D eigenvalue weighted by molar-refractivity contribution is 5.78. The molecule has 1 heterocycles. The average Bonchev–Trinajstić information content (AvgIpc) is 2.47. The first-order valence-corrected chi connectivity index (χ1v) is 7.12. The van der Waals surface area contributed by atoms with Crippen LogP contribution in [0.2, 0.25) is 0 Å². The van der Waals surface area contributed by atoms with Gasteiger partial charge in [0.15, 0.2) is 0 Å². The van der Waals surface area contributed by atoms with Crippen molar-refractivity contribution in [2.24, 2.45) is 11.7 Å². The van der Waals surface area contributed by atoms with Crippen molar-refractivity contribution in [1.29, 1.82) is 0 Å². The second kappa shape index (κ2) is 6.70. The summed E-state index contributed by atoms with van der Waals surface area (Å²) in [5, 5.41) is 0. The molecule has 4 nitrogen and oxygen atoms in total. The fraction of sp³-hybridized carbons (Fsp3) is 0.533. The molecule has 1 saturated heterocycles. The number of para-hydroxylation sites is 1. The Kier molecular flexibility index (Phi) is 4.95. The first-order chi connectivity index (χ1) is 9.63. The second-order valence-corrected chi connectivity index (χ2v) is 5.24. The number of amides is 1. The number of anilines is 1. The van der Waals surface area contributed by atoms with Gasteiger partial charge < -0.3 is 15.5 Å². The van der Waals surface area contributed by atoms with E-state index in [1.165, 1.54) is 6.07 Å². The number of hydrogen-bond acceptors (Lipinski definition) is 3. The number of halogens is 1. The second-order valence-electron chi connectivity index (χ2n) is 5.24. The van der Waals surface area contributed by atoms with E-state index in [9.17, 15) is 9.18 Å². The minimum absolute atomic E-state index is 0.0278. The third-order valence-corrected chi connectivity index (χ3v) is 3.81.